The van der Waals surface area contributed by atoms with Gasteiger partial charge in [-0.1, -0.05) is 400 Å². The van der Waals surface area contributed by atoms with Crippen LogP contribution < -0.4 is 9.47 Å². The van der Waals surface area contributed by atoms with Crippen LogP contribution in [-0.4, -0.2) is 0 Å². The van der Waals surface area contributed by atoms with E-state index < -0.39 is 21.7 Å². The van der Waals surface area contributed by atoms with E-state index in [-0.39, 0.29) is 5.41 Å². The molecule has 0 aromatic heterocycles. The van der Waals surface area contributed by atoms with Gasteiger partial charge in [0.15, 0.2) is 0 Å². The highest BCUT2D eigenvalue weighted by molar-refractivity contribution is 8.00. The van der Waals surface area contributed by atoms with Gasteiger partial charge < -0.3 is 9.47 Å². The van der Waals surface area contributed by atoms with Gasteiger partial charge in [0.2, 0.25) is 0 Å². The zero-order valence-corrected chi connectivity index (χ0v) is 77.0. The molecular weight excluding hydrogens is 1740 g/mol. The van der Waals surface area contributed by atoms with E-state index in [9.17, 15) is 0 Å². The maximum atomic E-state index is 6.64. The fourth-order valence-corrected chi connectivity index (χ4v) is 26.5. The molecule has 2 nitrogen and oxygen atoms in total. The molecule has 27 rings (SSSR count). The molecule has 0 saturated heterocycles. The molecule has 0 radical (unpaired) electrons. The molecule has 0 saturated carbocycles. The number of benzene rings is 19. The molecule has 1 atom stereocenters. The van der Waals surface area contributed by atoms with Crippen molar-refractivity contribution in [3.63, 3.8) is 0 Å². The maximum absolute atomic E-state index is 6.64. The number of para-hydroxylation sites is 1. The molecular formula is C122H80Cl4O2S3. The van der Waals surface area contributed by atoms with Crippen LogP contribution in [0.3, 0.4) is 0 Å². The molecule has 19 aromatic carbocycles. The standard InChI is InChI=1S/C31H19ClOS.2C31H19ClS.C29H23ClO/c32-20-14-17-29-28(18-20)31(25-12-6-4-10-23(25)24-11-5-7-13-26(24)31)27-16-15-22(19-30(27)34-29)33-21-8-2-1-3-9-21;32-22-15-17-30-28(19-22)31(25-12-6-4-10-23(25)24-11-5-7-13-26(24)31)27-18-21(14-16-29(27)33-30)20-8-2-1-3-9-20;32-22-15-17-30-28(19-22)31(26-12-6-7-13-29(26)33-30)25-11-5-4-10-23(25)24-16-14-21(18-27(24)31)20-8-2-1-3-9-20;1-28(2,3)18-12-14-26-24(16-18)29(25-17-19(30)13-15-27(25)31-26)22-10-6-4-8-20(22)21-9-5-7-11-23(21)29/h1-19H;2*1-19H;4-17H,1-3H3. The summed E-state index contributed by atoms with van der Waals surface area (Å²) in [6.07, 6.45) is 0. The second-order valence-corrected chi connectivity index (χ2v) is 40.5. The molecule has 4 spiro atoms. The van der Waals surface area contributed by atoms with E-state index in [4.69, 9.17) is 55.9 Å². The number of halogens is 4. The lowest BCUT2D eigenvalue weighted by molar-refractivity contribution is 0.434. The third-order valence-corrected chi connectivity index (χ3v) is 32.0. The molecule has 4 aliphatic heterocycles. The molecule has 4 heterocycles. The number of rotatable bonds is 4. The van der Waals surface area contributed by atoms with Gasteiger partial charge in [0.05, 0.1) is 21.7 Å². The van der Waals surface area contributed by atoms with Crippen LogP contribution in [-0.2, 0) is 27.1 Å². The number of ether oxygens (including phenoxy) is 2. The van der Waals surface area contributed by atoms with Gasteiger partial charge in [-0.2, -0.15) is 0 Å². The largest absolute Gasteiger partial charge is 0.457 e. The van der Waals surface area contributed by atoms with E-state index in [1.54, 1.807) is 11.8 Å². The van der Waals surface area contributed by atoms with Crippen LogP contribution in [0.1, 0.15) is 115 Å². The molecule has 9 heteroatoms. The Hall–Kier alpha value is -13.0. The van der Waals surface area contributed by atoms with Crippen LogP contribution in [0.15, 0.2) is 460 Å². The molecule has 0 N–H and O–H groups in total. The third-order valence-electron chi connectivity index (χ3n) is 27.6. The van der Waals surface area contributed by atoms with Crippen LogP contribution in [0.5, 0.6) is 23.0 Å². The van der Waals surface area contributed by atoms with Crippen molar-refractivity contribution in [2.75, 3.05) is 0 Å². The molecule has 131 heavy (non-hydrogen) atoms. The number of hydrogen-bond acceptors (Lipinski definition) is 5. The SMILES string of the molecule is CC(C)(C)c1ccc2c(c1)C1(c3cc(Cl)ccc3O2)c2ccccc2-c2ccccc21.Clc1ccc2c(c1)C1(c3cc(-c4ccccc4)ccc3S2)c2ccccc2-c2ccccc21.Clc1ccc2c(c1)C1(c3ccc(Oc4ccccc4)cc3S2)c2ccccc2-c2ccccc21.Clc1ccc2c(c1)C1(c3ccccc3S2)c2ccccc2-c2ccc(-c3ccccc3)cc21. The molecule has 8 aliphatic rings. The van der Waals surface area contributed by atoms with Gasteiger partial charge >= 0.3 is 0 Å². The maximum Gasteiger partial charge on any atom is 0.132 e. The Morgan fingerprint density at radius 2 is 0.504 bits per heavy atom. The predicted molar refractivity (Wildman–Crippen MR) is 544 cm³/mol. The summed E-state index contributed by atoms with van der Waals surface area (Å²) in [4.78, 5) is 7.57. The number of hydrogen-bond donors (Lipinski definition) is 0. The first kappa shape index (κ1) is 81.2. The molecule has 0 bridgehead atoms. The van der Waals surface area contributed by atoms with Crippen molar-refractivity contribution in [3.05, 3.63) is 545 Å². The molecule has 0 fully saturated rings. The first-order valence-electron chi connectivity index (χ1n) is 44.3. The minimum absolute atomic E-state index is 0.0302. The fraction of sp³-hybridized carbons (Fsp3) is 0.0656. The normalized spacial score (nSPS) is 15.2. The average Bonchev–Trinajstić information content (AvgIpc) is 1.56. The van der Waals surface area contributed by atoms with E-state index in [0.29, 0.717) is 0 Å². The van der Waals surface area contributed by atoms with Crippen LogP contribution in [0.2, 0.25) is 20.1 Å². The summed E-state index contributed by atoms with van der Waals surface area (Å²) in [5.74, 6) is 3.45. The highest BCUT2D eigenvalue weighted by atomic mass is 35.5. The Morgan fingerprint density at radius 3 is 0.947 bits per heavy atom. The van der Waals surface area contributed by atoms with Crippen molar-refractivity contribution in [2.45, 2.75) is 77.2 Å². The quantitative estimate of drug-likeness (QED) is 0.174. The van der Waals surface area contributed by atoms with Crippen molar-refractivity contribution in [3.8, 4) is 89.8 Å². The Balaban J connectivity index is 0.0000000966. The van der Waals surface area contributed by atoms with Gasteiger partial charge in [-0.05, 0) is 289 Å². The lowest BCUT2D eigenvalue weighted by atomic mass is 9.65. The van der Waals surface area contributed by atoms with E-state index in [1.807, 2.05) is 84.2 Å². The van der Waals surface area contributed by atoms with E-state index in [2.05, 4.69) is 391 Å². The molecule has 1 unspecified atom stereocenters. The third kappa shape index (κ3) is 12.7. The summed E-state index contributed by atoms with van der Waals surface area (Å²) in [5, 5.41) is 3.03. The summed E-state index contributed by atoms with van der Waals surface area (Å²) in [6, 6.07) is 154. The van der Waals surface area contributed by atoms with Gasteiger partial charge in [0.25, 0.3) is 0 Å². The van der Waals surface area contributed by atoms with Crippen molar-refractivity contribution in [1.29, 1.82) is 0 Å². The Kier molecular flexibility index (Phi) is 19.8. The summed E-state index contributed by atoms with van der Waals surface area (Å²) in [5.41, 5.74) is 35.5. The van der Waals surface area contributed by atoms with Crippen molar-refractivity contribution < 1.29 is 9.47 Å². The summed E-state index contributed by atoms with van der Waals surface area (Å²) < 4.78 is 12.7. The highest BCUT2D eigenvalue weighted by Gasteiger charge is 2.56. The lowest BCUT2D eigenvalue weighted by Crippen LogP contribution is -2.32. The zero-order valence-electron chi connectivity index (χ0n) is 71.5. The second-order valence-electron chi connectivity index (χ2n) is 35.5. The van der Waals surface area contributed by atoms with E-state index >= 15 is 0 Å². The monoisotopic (exact) mass is 1810 g/mol. The minimum atomic E-state index is -0.456. The summed E-state index contributed by atoms with van der Waals surface area (Å²) >= 11 is 31.9. The predicted octanol–water partition coefficient (Wildman–Crippen LogP) is 34.7. The molecule has 19 aromatic rings. The molecule has 0 amide bonds. The molecule has 626 valence electrons. The van der Waals surface area contributed by atoms with Crippen LogP contribution >= 0.6 is 81.7 Å². The van der Waals surface area contributed by atoms with Gasteiger partial charge in [-0.3, -0.25) is 0 Å². The Morgan fingerprint density at radius 1 is 0.206 bits per heavy atom. The topological polar surface area (TPSA) is 18.5 Å². The Labute approximate surface area is 796 Å². The van der Waals surface area contributed by atoms with Crippen molar-refractivity contribution in [1.82, 2.24) is 0 Å². The highest BCUT2D eigenvalue weighted by Crippen LogP contribution is 2.69. The van der Waals surface area contributed by atoms with Gasteiger partial charge in [-0.15, -0.1) is 0 Å². The minimum Gasteiger partial charge on any atom is -0.457 e. The fourth-order valence-electron chi connectivity index (χ4n) is 22.3. The van der Waals surface area contributed by atoms with Crippen LogP contribution in [0.25, 0.3) is 66.8 Å². The Bertz CT molecular complexity index is 7700. The summed E-state index contributed by atoms with van der Waals surface area (Å²) in [6.45, 7) is 6.77. The molecule has 4 aliphatic carbocycles. The lowest BCUT2D eigenvalue weighted by Gasteiger charge is -2.40. The van der Waals surface area contributed by atoms with Crippen LogP contribution in [0, 0.1) is 0 Å². The first-order valence-corrected chi connectivity index (χ1v) is 48.3. The smallest absolute Gasteiger partial charge is 0.132 e. The van der Waals surface area contributed by atoms with Crippen LogP contribution in [0.4, 0.5) is 0 Å². The van der Waals surface area contributed by atoms with Gasteiger partial charge in [0, 0.05) is 60.6 Å². The van der Waals surface area contributed by atoms with E-state index in [1.165, 1.54) is 185 Å². The van der Waals surface area contributed by atoms with Gasteiger partial charge in [0.1, 0.15) is 23.0 Å². The second kappa shape index (κ2) is 31.9. The van der Waals surface area contributed by atoms with E-state index in [0.717, 1.165) is 48.7 Å². The van der Waals surface area contributed by atoms with Crippen molar-refractivity contribution >= 4 is 81.7 Å². The number of fused-ring (bicyclic) bond motifs is 36. The van der Waals surface area contributed by atoms with Crippen molar-refractivity contribution in [2.24, 2.45) is 0 Å². The zero-order chi connectivity index (χ0) is 88.1. The average molecular weight is 1820 g/mol. The first-order chi connectivity index (χ1) is 64.2. The summed E-state index contributed by atoms with van der Waals surface area (Å²) in [7, 11) is 0. The van der Waals surface area contributed by atoms with Gasteiger partial charge in [-0.25, -0.2) is 0 Å².